The molecule has 0 saturated carbocycles. The summed E-state index contributed by atoms with van der Waals surface area (Å²) in [5, 5.41) is 3.14. The molecule has 2 saturated heterocycles. The molecule has 2 amide bonds. The second-order valence-corrected chi connectivity index (χ2v) is 9.48. The van der Waals surface area contributed by atoms with E-state index in [1.807, 2.05) is 31.7 Å². The second kappa shape index (κ2) is 9.16. The fraction of sp³-hybridized carbons (Fsp3) is 0.652. The fourth-order valence-corrected chi connectivity index (χ4v) is 4.19. The van der Waals surface area contributed by atoms with Crippen LogP contribution in [0.25, 0.3) is 0 Å². The number of para-hydroxylation sites is 1. The van der Waals surface area contributed by atoms with Crippen molar-refractivity contribution >= 4 is 17.5 Å². The number of piperazine rings is 1. The molecule has 1 aromatic carbocycles. The third-order valence-electron chi connectivity index (χ3n) is 6.01. The van der Waals surface area contributed by atoms with Gasteiger partial charge in [-0.3, -0.25) is 9.59 Å². The van der Waals surface area contributed by atoms with Gasteiger partial charge >= 0.3 is 0 Å². The monoisotopic (exact) mass is 400 g/mol. The smallest absolute Gasteiger partial charge is 0.227 e. The lowest BCUT2D eigenvalue weighted by atomic mass is 9.91. The summed E-state index contributed by atoms with van der Waals surface area (Å²) in [6, 6.07) is 8.35. The molecule has 1 atom stereocenters. The van der Waals surface area contributed by atoms with Crippen molar-refractivity contribution in [3.8, 4) is 0 Å². The van der Waals surface area contributed by atoms with Crippen LogP contribution in [0.5, 0.6) is 0 Å². The predicted molar refractivity (Wildman–Crippen MR) is 117 cm³/mol. The van der Waals surface area contributed by atoms with Gasteiger partial charge in [0.25, 0.3) is 0 Å². The number of carbonyl (C=O) groups excluding carboxylic acids is 2. The number of rotatable bonds is 4. The van der Waals surface area contributed by atoms with Gasteiger partial charge in [-0.05, 0) is 31.5 Å². The van der Waals surface area contributed by atoms with E-state index in [0.717, 1.165) is 51.1 Å². The summed E-state index contributed by atoms with van der Waals surface area (Å²) >= 11 is 0. The van der Waals surface area contributed by atoms with E-state index in [1.165, 1.54) is 5.69 Å². The number of carbonyl (C=O) groups is 2. The Balaban J connectivity index is 1.59. The van der Waals surface area contributed by atoms with Gasteiger partial charge < -0.3 is 20.0 Å². The van der Waals surface area contributed by atoms with Gasteiger partial charge in [-0.2, -0.15) is 0 Å². The van der Waals surface area contributed by atoms with Crippen molar-refractivity contribution in [3.63, 3.8) is 0 Å². The molecule has 0 bridgehead atoms. The molecule has 1 aromatic rings. The molecule has 6 heteroatoms. The maximum absolute atomic E-state index is 12.9. The van der Waals surface area contributed by atoms with E-state index in [1.54, 1.807) is 0 Å². The van der Waals surface area contributed by atoms with E-state index in [4.69, 9.17) is 0 Å². The highest BCUT2D eigenvalue weighted by molar-refractivity contribution is 5.84. The van der Waals surface area contributed by atoms with Gasteiger partial charge in [0.05, 0.1) is 5.92 Å². The minimum Gasteiger partial charge on any atom is -0.369 e. The molecule has 29 heavy (non-hydrogen) atoms. The summed E-state index contributed by atoms with van der Waals surface area (Å²) in [5.74, 6) is 0.0749. The van der Waals surface area contributed by atoms with Crippen molar-refractivity contribution in [1.82, 2.24) is 15.1 Å². The van der Waals surface area contributed by atoms with Crippen LogP contribution < -0.4 is 10.2 Å². The number of amides is 2. The lowest BCUT2D eigenvalue weighted by molar-refractivity contribution is -0.142. The molecule has 0 radical (unpaired) electrons. The van der Waals surface area contributed by atoms with Crippen LogP contribution in [0.2, 0.25) is 0 Å². The standard InChI is InChI=1S/C23H36N4O2/c1-23(2,3)22(29)27-11-7-9-19(17-27)21(28)24-16-18-8-5-6-10-20(18)26-14-12-25(4)13-15-26/h5-6,8,10,19H,7,9,11-17H2,1-4H3,(H,24,28). The van der Waals surface area contributed by atoms with Crippen LogP contribution in [-0.4, -0.2) is 67.9 Å². The second-order valence-electron chi connectivity index (χ2n) is 9.48. The SMILES string of the molecule is CN1CCN(c2ccccc2CNC(=O)C2CCCN(C(=O)C(C)(C)C)C2)CC1. The number of benzene rings is 1. The van der Waals surface area contributed by atoms with Crippen molar-refractivity contribution in [2.24, 2.45) is 11.3 Å². The van der Waals surface area contributed by atoms with Crippen molar-refractivity contribution < 1.29 is 9.59 Å². The van der Waals surface area contributed by atoms with Crippen LogP contribution in [0, 0.1) is 11.3 Å². The average Bonchev–Trinajstić information content (AvgIpc) is 2.71. The molecule has 1 N–H and O–H groups in total. The highest BCUT2D eigenvalue weighted by Gasteiger charge is 2.33. The number of nitrogens with one attached hydrogen (secondary N) is 1. The van der Waals surface area contributed by atoms with Gasteiger partial charge in [-0.25, -0.2) is 0 Å². The maximum Gasteiger partial charge on any atom is 0.227 e. The van der Waals surface area contributed by atoms with E-state index in [-0.39, 0.29) is 17.7 Å². The lowest BCUT2D eigenvalue weighted by Gasteiger charge is -2.36. The Morgan fingerprint density at radius 1 is 1.07 bits per heavy atom. The first-order chi connectivity index (χ1) is 13.8. The van der Waals surface area contributed by atoms with E-state index in [2.05, 4.69) is 40.4 Å². The summed E-state index contributed by atoms with van der Waals surface area (Å²) in [4.78, 5) is 32.1. The minimum atomic E-state index is -0.403. The number of piperidine rings is 1. The number of likely N-dealkylation sites (tertiary alicyclic amines) is 1. The van der Waals surface area contributed by atoms with Gasteiger partial charge in [-0.1, -0.05) is 39.0 Å². The third kappa shape index (κ3) is 5.50. The maximum atomic E-state index is 12.9. The predicted octanol–water partition coefficient (Wildman–Crippen LogP) is 2.34. The Morgan fingerprint density at radius 2 is 1.76 bits per heavy atom. The Kier molecular flexibility index (Phi) is 6.83. The van der Waals surface area contributed by atoms with Crippen LogP contribution in [-0.2, 0) is 16.1 Å². The molecule has 1 unspecified atom stereocenters. The topological polar surface area (TPSA) is 55.9 Å². The molecule has 2 aliphatic rings. The van der Waals surface area contributed by atoms with E-state index >= 15 is 0 Å². The van der Waals surface area contributed by atoms with Crippen LogP contribution in [0.15, 0.2) is 24.3 Å². The number of anilines is 1. The van der Waals surface area contributed by atoms with Gasteiger partial charge in [0.15, 0.2) is 0 Å². The van der Waals surface area contributed by atoms with Crippen LogP contribution in [0.1, 0.15) is 39.2 Å². The zero-order valence-electron chi connectivity index (χ0n) is 18.4. The average molecular weight is 401 g/mol. The Hall–Kier alpha value is -2.08. The van der Waals surface area contributed by atoms with E-state index in [0.29, 0.717) is 13.1 Å². The summed E-state index contributed by atoms with van der Waals surface area (Å²) < 4.78 is 0. The third-order valence-corrected chi connectivity index (χ3v) is 6.01. The van der Waals surface area contributed by atoms with Crippen LogP contribution in [0.3, 0.4) is 0 Å². The fourth-order valence-electron chi connectivity index (χ4n) is 4.19. The molecule has 2 heterocycles. The number of likely N-dealkylation sites (N-methyl/N-ethyl adjacent to an activating group) is 1. The van der Waals surface area contributed by atoms with Crippen LogP contribution >= 0.6 is 0 Å². The van der Waals surface area contributed by atoms with Gasteiger partial charge in [-0.15, -0.1) is 0 Å². The number of hydrogen-bond donors (Lipinski definition) is 1. The summed E-state index contributed by atoms with van der Waals surface area (Å²) in [5.41, 5.74) is 1.97. The first-order valence-electron chi connectivity index (χ1n) is 10.8. The molecule has 6 nitrogen and oxygen atoms in total. The van der Waals surface area contributed by atoms with Gasteiger partial charge in [0.1, 0.15) is 0 Å². The Labute approximate surface area is 175 Å². The van der Waals surface area contributed by atoms with Crippen molar-refractivity contribution in [1.29, 1.82) is 0 Å². The van der Waals surface area contributed by atoms with Crippen molar-refractivity contribution in [2.75, 3.05) is 51.2 Å². The molecule has 0 aliphatic carbocycles. The van der Waals surface area contributed by atoms with Crippen molar-refractivity contribution in [2.45, 2.75) is 40.2 Å². The van der Waals surface area contributed by atoms with E-state index in [9.17, 15) is 9.59 Å². The van der Waals surface area contributed by atoms with Gasteiger partial charge in [0.2, 0.25) is 11.8 Å². The zero-order valence-corrected chi connectivity index (χ0v) is 18.4. The number of nitrogens with zero attached hydrogens (tertiary/aromatic N) is 3. The minimum absolute atomic E-state index is 0.0598. The Bertz CT molecular complexity index is 720. The zero-order chi connectivity index (χ0) is 21.0. The molecular weight excluding hydrogens is 364 g/mol. The normalized spacial score (nSPS) is 21.2. The van der Waals surface area contributed by atoms with Crippen LogP contribution in [0.4, 0.5) is 5.69 Å². The van der Waals surface area contributed by atoms with Crippen molar-refractivity contribution in [3.05, 3.63) is 29.8 Å². The summed E-state index contributed by atoms with van der Waals surface area (Å²) in [6.45, 7) is 11.8. The molecular formula is C23H36N4O2. The van der Waals surface area contributed by atoms with Gasteiger partial charge in [0, 0.05) is 56.9 Å². The highest BCUT2D eigenvalue weighted by atomic mass is 16.2. The largest absolute Gasteiger partial charge is 0.369 e. The molecule has 3 rings (SSSR count). The molecule has 0 spiro atoms. The molecule has 0 aromatic heterocycles. The first-order valence-corrected chi connectivity index (χ1v) is 10.8. The quantitative estimate of drug-likeness (QED) is 0.843. The first kappa shape index (κ1) is 21.6. The summed E-state index contributed by atoms with van der Waals surface area (Å²) in [6.07, 6.45) is 1.73. The lowest BCUT2D eigenvalue weighted by Crippen LogP contribution is -2.48. The summed E-state index contributed by atoms with van der Waals surface area (Å²) in [7, 11) is 2.15. The highest BCUT2D eigenvalue weighted by Crippen LogP contribution is 2.25. The van der Waals surface area contributed by atoms with E-state index < -0.39 is 5.41 Å². The molecule has 2 aliphatic heterocycles. The number of hydrogen-bond acceptors (Lipinski definition) is 4. The molecule has 2 fully saturated rings. The Morgan fingerprint density at radius 3 is 2.45 bits per heavy atom. The molecule has 160 valence electrons.